The van der Waals surface area contributed by atoms with E-state index in [-0.39, 0.29) is 5.91 Å². The summed E-state index contributed by atoms with van der Waals surface area (Å²) in [5.41, 5.74) is 0.554. The third-order valence-corrected chi connectivity index (χ3v) is 3.88. The number of nitrogens with zero attached hydrogens (tertiary/aromatic N) is 3. The van der Waals surface area contributed by atoms with E-state index in [4.69, 9.17) is 0 Å². The second-order valence-electron chi connectivity index (χ2n) is 3.52. The van der Waals surface area contributed by atoms with Crippen molar-refractivity contribution in [1.29, 1.82) is 0 Å². The molecule has 2 aromatic heterocycles. The highest BCUT2D eigenvalue weighted by Crippen LogP contribution is 2.21. The van der Waals surface area contributed by atoms with E-state index >= 15 is 0 Å². The van der Waals surface area contributed by atoms with Crippen LogP contribution in [0.2, 0.25) is 0 Å². The molecule has 0 radical (unpaired) electrons. The minimum absolute atomic E-state index is 0.0515. The minimum atomic E-state index is -0.0515. The average Bonchev–Trinajstić information content (AvgIpc) is 2.75. The zero-order valence-electron chi connectivity index (χ0n) is 9.13. The molecule has 6 heteroatoms. The monoisotopic (exact) mass is 311 g/mol. The molecule has 17 heavy (non-hydrogen) atoms. The van der Waals surface area contributed by atoms with Gasteiger partial charge in [-0.2, -0.15) is 10.2 Å². The van der Waals surface area contributed by atoms with E-state index in [0.717, 1.165) is 9.35 Å². The molecule has 4 nitrogen and oxygen atoms in total. The summed E-state index contributed by atoms with van der Waals surface area (Å²) in [7, 11) is 1.77. The van der Waals surface area contributed by atoms with E-state index in [1.807, 2.05) is 11.4 Å². The molecule has 0 aliphatic rings. The molecule has 0 bridgehead atoms. The fraction of sp³-hybridized carbons (Fsp3) is 0.182. The van der Waals surface area contributed by atoms with Crippen LogP contribution in [0.1, 0.15) is 15.2 Å². The lowest BCUT2D eigenvalue weighted by atomic mass is 10.2. The first-order valence-corrected chi connectivity index (χ1v) is 6.59. The van der Waals surface area contributed by atoms with Crippen LogP contribution in [0, 0.1) is 0 Å². The van der Waals surface area contributed by atoms with Crippen LogP contribution >= 0.6 is 27.3 Å². The molecule has 0 saturated heterocycles. The first-order chi connectivity index (χ1) is 8.16. The van der Waals surface area contributed by atoms with Crippen LogP contribution in [-0.2, 0) is 6.54 Å². The molecule has 0 unspecified atom stereocenters. The minimum Gasteiger partial charge on any atom is -0.337 e. The quantitative estimate of drug-likeness (QED) is 0.875. The second kappa shape index (κ2) is 5.37. The zero-order chi connectivity index (χ0) is 12.3. The lowest BCUT2D eigenvalue weighted by Crippen LogP contribution is -2.25. The molecule has 0 saturated carbocycles. The van der Waals surface area contributed by atoms with Crippen molar-refractivity contribution in [2.45, 2.75) is 6.54 Å². The molecule has 2 rings (SSSR count). The van der Waals surface area contributed by atoms with Crippen LogP contribution in [-0.4, -0.2) is 28.1 Å². The van der Waals surface area contributed by atoms with Crippen molar-refractivity contribution in [1.82, 2.24) is 15.1 Å². The number of amides is 1. The Balaban J connectivity index is 2.06. The molecule has 0 aromatic carbocycles. The fourth-order valence-corrected chi connectivity index (χ4v) is 2.88. The Morgan fingerprint density at radius 1 is 1.53 bits per heavy atom. The van der Waals surface area contributed by atoms with E-state index in [1.54, 1.807) is 29.4 Å². The predicted octanol–water partition coefficient (Wildman–Crippen LogP) is 2.57. The van der Waals surface area contributed by atoms with E-state index in [2.05, 4.69) is 26.1 Å². The molecule has 1 amide bonds. The van der Waals surface area contributed by atoms with Crippen molar-refractivity contribution in [3.63, 3.8) is 0 Å². The van der Waals surface area contributed by atoms with Crippen molar-refractivity contribution in [3.8, 4) is 0 Å². The number of thiophene rings is 1. The Hall–Kier alpha value is -1.27. The van der Waals surface area contributed by atoms with Gasteiger partial charge in [0.2, 0.25) is 0 Å². The van der Waals surface area contributed by atoms with Gasteiger partial charge in [-0.15, -0.1) is 11.3 Å². The van der Waals surface area contributed by atoms with Gasteiger partial charge in [-0.3, -0.25) is 4.79 Å². The van der Waals surface area contributed by atoms with E-state index in [0.29, 0.717) is 12.1 Å². The van der Waals surface area contributed by atoms with Gasteiger partial charge in [0.25, 0.3) is 5.91 Å². The predicted molar refractivity (Wildman–Crippen MR) is 69.8 cm³/mol. The molecule has 0 fully saturated rings. The number of halogens is 1. The lowest BCUT2D eigenvalue weighted by molar-refractivity contribution is 0.0786. The number of aromatic nitrogens is 2. The summed E-state index contributed by atoms with van der Waals surface area (Å²) in [5.74, 6) is -0.0515. The van der Waals surface area contributed by atoms with Gasteiger partial charge in [-0.05, 0) is 28.1 Å². The summed E-state index contributed by atoms with van der Waals surface area (Å²) in [4.78, 5) is 14.8. The Labute approximate surface area is 111 Å². The van der Waals surface area contributed by atoms with Gasteiger partial charge in [0.05, 0.1) is 24.5 Å². The molecule has 88 valence electrons. The van der Waals surface area contributed by atoms with E-state index < -0.39 is 0 Å². The Morgan fingerprint density at radius 2 is 2.35 bits per heavy atom. The zero-order valence-corrected chi connectivity index (χ0v) is 11.5. The highest BCUT2D eigenvalue weighted by atomic mass is 79.9. The summed E-state index contributed by atoms with van der Waals surface area (Å²) < 4.78 is 1.05. The van der Waals surface area contributed by atoms with Crippen molar-refractivity contribution in [2.75, 3.05) is 7.05 Å². The number of hydrogen-bond donors (Lipinski definition) is 0. The van der Waals surface area contributed by atoms with Crippen molar-refractivity contribution in [2.24, 2.45) is 0 Å². The molecule has 2 aromatic rings. The maximum absolute atomic E-state index is 12.0. The molecule has 0 aliphatic carbocycles. The van der Waals surface area contributed by atoms with Crippen LogP contribution in [0.4, 0.5) is 0 Å². The number of rotatable bonds is 3. The first kappa shape index (κ1) is 12.2. The molecule has 2 heterocycles. The van der Waals surface area contributed by atoms with E-state index in [9.17, 15) is 4.79 Å². The summed E-state index contributed by atoms with van der Waals surface area (Å²) in [5, 5.41) is 9.35. The Bertz CT molecular complexity index is 514. The van der Waals surface area contributed by atoms with Crippen LogP contribution in [0.5, 0.6) is 0 Å². The topological polar surface area (TPSA) is 46.1 Å². The summed E-state index contributed by atoms with van der Waals surface area (Å²) >= 11 is 5.01. The lowest BCUT2D eigenvalue weighted by Gasteiger charge is -2.15. The maximum Gasteiger partial charge on any atom is 0.255 e. The van der Waals surface area contributed by atoms with Crippen LogP contribution in [0.15, 0.2) is 34.4 Å². The standard InChI is InChI=1S/C11H10BrN3OS/c1-15(6-10-4-9(12)7-17-10)11(16)8-2-3-13-14-5-8/h2-5,7H,6H2,1H3. The second-order valence-corrected chi connectivity index (χ2v) is 5.44. The van der Waals surface area contributed by atoms with Gasteiger partial charge >= 0.3 is 0 Å². The third kappa shape index (κ3) is 3.10. The largest absolute Gasteiger partial charge is 0.337 e. The number of carbonyl (C=O) groups is 1. The Kier molecular flexibility index (Phi) is 3.86. The third-order valence-electron chi connectivity index (χ3n) is 2.19. The van der Waals surface area contributed by atoms with Gasteiger partial charge in [0, 0.05) is 21.8 Å². The molecular formula is C11H10BrN3OS. The summed E-state index contributed by atoms with van der Waals surface area (Å²) in [6.07, 6.45) is 2.99. The molecule has 0 aliphatic heterocycles. The molecule has 0 N–H and O–H groups in total. The van der Waals surface area contributed by atoms with Gasteiger partial charge in [0.1, 0.15) is 0 Å². The Morgan fingerprint density at radius 3 is 2.94 bits per heavy atom. The first-order valence-electron chi connectivity index (χ1n) is 4.92. The molecule has 0 atom stereocenters. The van der Waals surface area contributed by atoms with Crippen molar-refractivity contribution >= 4 is 33.2 Å². The normalized spacial score (nSPS) is 10.2. The maximum atomic E-state index is 12.0. The van der Waals surface area contributed by atoms with Crippen molar-refractivity contribution < 1.29 is 4.79 Å². The smallest absolute Gasteiger partial charge is 0.255 e. The average molecular weight is 312 g/mol. The van der Waals surface area contributed by atoms with Crippen LogP contribution in [0.25, 0.3) is 0 Å². The highest BCUT2D eigenvalue weighted by molar-refractivity contribution is 9.10. The SMILES string of the molecule is CN(Cc1cc(Br)cs1)C(=O)c1ccnnc1. The number of hydrogen-bond acceptors (Lipinski definition) is 4. The molecular weight excluding hydrogens is 302 g/mol. The number of carbonyl (C=O) groups excluding carboxylic acids is 1. The van der Waals surface area contributed by atoms with E-state index in [1.165, 1.54) is 12.4 Å². The highest BCUT2D eigenvalue weighted by Gasteiger charge is 2.12. The van der Waals surface area contributed by atoms with Crippen LogP contribution < -0.4 is 0 Å². The van der Waals surface area contributed by atoms with Gasteiger partial charge in [-0.25, -0.2) is 0 Å². The van der Waals surface area contributed by atoms with Crippen LogP contribution in [0.3, 0.4) is 0 Å². The summed E-state index contributed by atoms with van der Waals surface area (Å²) in [6.45, 7) is 0.595. The van der Waals surface area contributed by atoms with Gasteiger partial charge < -0.3 is 4.90 Å². The fourth-order valence-electron chi connectivity index (χ4n) is 1.38. The van der Waals surface area contributed by atoms with Crippen molar-refractivity contribution in [3.05, 3.63) is 44.8 Å². The van der Waals surface area contributed by atoms with Gasteiger partial charge in [-0.1, -0.05) is 0 Å². The molecule has 0 spiro atoms. The van der Waals surface area contributed by atoms with Gasteiger partial charge in [0.15, 0.2) is 0 Å². The summed E-state index contributed by atoms with van der Waals surface area (Å²) in [6, 6.07) is 3.68.